The minimum absolute atomic E-state index is 0.0713. The van der Waals surface area contributed by atoms with Gasteiger partial charge in [0.2, 0.25) is 0 Å². The fraction of sp³-hybridized carbons (Fsp3) is 0.562. The van der Waals surface area contributed by atoms with Gasteiger partial charge in [-0.25, -0.2) is 0 Å². The molecule has 0 saturated carbocycles. The summed E-state index contributed by atoms with van der Waals surface area (Å²) in [5.41, 5.74) is 1.02. The monoisotopic (exact) mass is 279 g/mol. The van der Waals surface area contributed by atoms with Crippen LogP contribution in [0.1, 0.15) is 44.0 Å². The van der Waals surface area contributed by atoms with Gasteiger partial charge in [0.15, 0.2) is 5.78 Å². The van der Waals surface area contributed by atoms with Gasteiger partial charge in [-0.15, -0.1) is 0 Å². The second-order valence-electron chi connectivity index (χ2n) is 6.29. The molecule has 0 radical (unpaired) electrons. The third-order valence-electron chi connectivity index (χ3n) is 3.97. The van der Waals surface area contributed by atoms with E-state index >= 15 is 0 Å². The summed E-state index contributed by atoms with van der Waals surface area (Å²) in [5, 5.41) is 0.622. The summed E-state index contributed by atoms with van der Waals surface area (Å²) < 4.78 is 0. The fourth-order valence-electron chi connectivity index (χ4n) is 2.85. The molecule has 1 aliphatic heterocycles. The van der Waals surface area contributed by atoms with E-state index in [0.29, 0.717) is 16.0 Å². The minimum Gasteiger partial charge on any atom is -0.293 e. The Bertz CT molecular complexity index is 470. The maximum absolute atomic E-state index is 12.5. The second kappa shape index (κ2) is 5.64. The van der Waals surface area contributed by atoms with Crippen LogP contribution in [0.25, 0.3) is 0 Å². The van der Waals surface area contributed by atoms with Crippen LogP contribution in [0.5, 0.6) is 0 Å². The quantitative estimate of drug-likeness (QED) is 0.779. The third kappa shape index (κ3) is 3.58. The van der Waals surface area contributed by atoms with Crippen LogP contribution in [-0.4, -0.2) is 29.8 Å². The van der Waals surface area contributed by atoms with Gasteiger partial charge < -0.3 is 0 Å². The summed E-state index contributed by atoms with van der Waals surface area (Å²) in [5.74, 6) is 0.167. The number of carbonyl (C=O) groups excluding carboxylic acids is 1. The Morgan fingerprint density at radius 3 is 2.79 bits per heavy atom. The minimum atomic E-state index is -0.0713. The molecule has 0 spiro atoms. The van der Waals surface area contributed by atoms with Crippen molar-refractivity contribution in [3.8, 4) is 0 Å². The van der Waals surface area contributed by atoms with Crippen LogP contribution in [0.3, 0.4) is 0 Å². The molecule has 0 bridgehead atoms. The Kier molecular flexibility index (Phi) is 4.32. The van der Waals surface area contributed by atoms with E-state index in [-0.39, 0.29) is 11.8 Å². The topological polar surface area (TPSA) is 20.3 Å². The van der Waals surface area contributed by atoms with Gasteiger partial charge in [0.25, 0.3) is 0 Å². The number of likely N-dealkylation sites (tertiary alicyclic amines) is 1. The molecule has 104 valence electrons. The Labute approximate surface area is 120 Å². The van der Waals surface area contributed by atoms with Crippen molar-refractivity contribution in [1.29, 1.82) is 0 Å². The first-order valence-corrected chi connectivity index (χ1v) is 7.31. The number of halogens is 1. The summed E-state index contributed by atoms with van der Waals surface area (Å²) >= 11 is 5.96. The van der Waals surface area contributed by atoms with Crippen molar-refractivity contribution in [2.45, 2.75) is 39.7 Å². The predicted octanol–water partition coefficient (Wildman–Crippen LogP) is 4.03. The largest absolute Gasteiger partial charge is 0.293 e. The Hall–Kier alpha value is -0.860. The molecule has 0 N–H and O–H groups in total. The summed E-state index contributed by atoms with van der Waals surface area (Å²) in [7, 11) is 0. The van der Waals surface area contributed by atoms with Gasteiger partial charge in [0.05, 0.1) is 6.04 Å². The van der Waals surface area contributed by atoms with E-state index in [9.17, 15) is 4.79 Å². The lowest BCUT2D eigenvalue weighted by atomic mass is 9.83. The van der Waals surface area contributed by atoms with Gasteiger partial charge in [-0.1, -0.05) is 37.6 Å². The van der Waals surface area contributed by atoms with Crippen molar-refractivity contribution in [3.63, 3.8) is 0 Å². The van der Waals surface area contributed by atoms with Crippen molar-refractivity contribution in [1.82, 2.24) is 4.90 Å². The molecule has 1 atom stereocenters. The lowest BCUT2D eigenvalue weighted by Gasteiger charge is -2.40. The molecule has 3 heteroatoms. The highest BCUT2D eigenvalue weighted by Gasteiger charge is 2.31. The van der Waals surface area contributed by atoms with Gasteiger partial charge in [-0.05, 0) is 43.9 Å². The number of Topliss-reactive ketones (excluding diaryl/α,β-unsaturated/α-hetero) is 1. The SMILES string of the molecule is CC(C(=O)c1cccc(Cl)c1)N1CCCC(C)(C)C1. The van der Waals surface area contributed by atoms with Crippen LogP contribution in [0.4, 0.5) is 0 Å². The predicted molar refractivity (Wildman–Crippen MR) is 79.8 cm³/mol. The molecule has 1 fully saturated rings. The smallest absolute Gasteiger partial charge is 0.179 e. The highest BCUT2D eigenvalue weighted by atomic mass is 35.5. The Balaban J connectivity index is 2.11. The molecule has 0 amide bonds. The van der Waals surface area contributed by atoms with Crippen molar-refractivity contribution in [3.05, 3.63) is 34.9 Å². The zero-order chi connectivity index (χ0) is 14.0. The summed E-state index contributed by atoms with van der Waals surface area (Å²) in [4.78, 5) is 14.8. The van der Waals surface area contributed by atoms with Crippen molar-refractivity contribution in [2.24, 2.45) is 5.41 Å². The van der Waals surface area contributed by atoms with E-state index in [1.54, 1.807) is 12.1 Å². The van der Waals surface area contributed by atoms with E-state index in [2.05, 4.69) is 18.7 Å². The number of hydrogen-bond acceptors (Lipinski definition) is 2. The van der Waals surface area contributed by atoms with Crippen LogP contribution >= 0.6 is 11.6 Å². The van der Waals surface area contributed by atoms with Gasteiger partial charge in [-0.2, -0.15) is 0 Å². The molecule has 1 aromatic rings. The van der Waals surface area contributed by atoms with Crippen LogP contribution < -0.4 is 0 Å². The summed E-state index contributed by atoms with van der Waals surface area (Å²) in [6.07, 6.45) is 2.40. The maximum atomic E-state index is 12.5. The van der Waals surface area contributed by atoms with Gasteiger partial charge >= 0.3 is 0 Å². The molecule has 1 heterocycles. The number of piperidine rings is 1. The number of hydrogen-bond donors (Lipinski definition) is 0. The van der Waals surface area contributed by atoms with Crippen molar-refractivity contribution >= 4 is 17.4 Å². The molecule has 0 aliphatic carbocycles. The van der Waals surface area contributed by atoms with Gasteiger partial charge in [-0.3, -0.25) is 9.69 Å². The molecule has 1 unspecified atom stereocenters. The standard InChI is InChI=1S/C16H22ClNO/c1-12(18-9-5-8-16(2,3)11-18)15(19)13-6-4-7-14(17)10-13/h4,6-7,10,12H,5,8-9,11H2,1-3H3. The first-order chi connectivity index (χ1) is 8.89. The van der Waals surface area contributed by atoms with Crippen LogP contribution in [0.2, 0.25) is 5.02 Å². The zero-order valence-electron chi connectivity index (χ0n) is 11.9. The first kappa shape index (κ1) is 14.5. The van der Waals surface area contributed by atoms with Crippen LogP contribution in [0, 0.1) is 5.41 Å². The second-order valence-corrected chi connectivity index (χ2v) is 6.73. The zero-order valence-corrected chi connectivity index (χ0v) is 12.7. The van der Waals surface area contributed by atoms with E-state index in [0.717, 1.165) is 13.1 Å². The normalized spacial score (nSPS) is 21.1. The van der Waals surface area contributed by atoms with Crippen LogP contribution in [0.15, 0.2) is 24.3 Å². The molecule has 2 nitrogen and oxygen atoms in total. The third-order valence-corrected chi connectivity index (χ3v) is 4.20. The number of ketones is 1. The molecular weight excluding hydrogens is 258 g/mol. The number of rotatable bonds is 3. The lowest BCUT2D eigenvalue weighted by molar-refractivity contribution is 0.0626. The Morgan fingerprint density at radius 2 is 2.16 bits per heavy atom. The molecular formula is C16H22ClNO. The van der Waals surface area contributed by atoms with Crippen LogP contribution in [-0.2, 0) is 0 Å². The molecule has 19 heavy (non-hydrogen) atoms. The van der Waals surface area contributed by atoms with Crippen molar-refractivity contribution < 1.29 is 4.79 Å². The van der Waals surface area contributed by atoms with E-state index in [1.165, 1.54) is 12.8 Å². The molecule has 1 aliphatic rings. The van der Waals surface area contributed by atoms with Gasteiger partial charge in [0, 0.05) is 17.1 Å². The maximum Gasteiger partial charge on any atom is 0.179 e. The first-order valence-electron chi connectivity index (χ1n) is 6.93. The fourth-order valence-corrected chi connectivity index (χ4v) is 3.04. The van der Waals surface area contributed by atoms with Gasteiger partial charge in [0.1, 0.15) is 0 Å². The average molecular weight is 280 g/mol. The number of benzene rings is 1. The summed E-state index contributed by atoms with van der Waals surface area (Å²) in [6.45, 7) is 8.55. The van der Waals surface area contributed by atoms with E-state index < -0.39 is 0 Å². The van der Waals surface area contributed by atoms with E-state index in [1.807, 2.05) is 19.1 Å². The number of carbonyl (C=O) groups is 1. The summed E-state index contributed by atoms with van der Waals surface area (Å²) in [6, 6.07) is 7.17. The van der Waals surface area contributed by atoms with E-state index in [4.69, 9.17) is 11.6 Å². The average Bonchev–Trinajstić information content (AvgIpc) is 2.36. The lowest BCUT2D eigenvalue weighted by Crippen LogP contribution is -2.47. The molecule has 0 aromatic heterocycles. The number of nitrogens with zero attached hydrogens (tertiary/aromatic N) is 1. The molecule has 1 saturated heterocycles. The van der Waals surface area contributed by atoms with Crippen molar-refractivity contribution in [2.75, 3.05) is 13.1 Å². The highest BCUT2D eigenvalue weighted by Crippen LogP contribution is 2.30. The molecule has 2 rings (SSSR count). The molecule has 1 aromatic carbocycles. The Morgan fingerprint density at radius 1 is 1.42 bits per heavy atom. The highest BCUT2D eigenvalue weighted by molar-refractivity contribution is 6.31.